The molecule has 5 heteroatoms. The summed E-state index contributed by atoms with van der Waals surface area (Å²) in [6, 6.07) is 22.5. The summed E-state index contributed by atoms with van der Waals surface area (Å²) in [7, 11) is 0. The molecule has 2 aliphatic rings. The first-order valence-electron chi connectivity index (χ1n) is 12.1. The minimum absolute atomic E-state index is 0.115. The highest BCUT2D eigenvalue weighted by Gasteiger charge is 2.32. The maximum Gasteiger partial charge on any atom is 0.256 e. The standard InChI is InChI=1S/C28H31N3OS/c32-28(25-13-5-4-12-24(25)21-9-2-1-3-10-21)30-23-15-16-27(29-19-23)33-20-22-11-8-18-31-17-7-6-14-26(22)31/h1-5,9-10,12-13,15-16,19,22,26H,6-8,11,14,17-18,20H2,(H,30,32). The van der Waals surface area contributed by atoms with Crippen LogP contribution < -0.4 is 5.32 Å². The van der Waals surface area contributed by atoms with E-state index in [0.717, 1.165) is 39.6 Å². The van der Waals surface area contributed by atoms with Gasteiger partial charge in [0.2, 0.25) is 0 Å². The van der Waals surface area contributed by atoms with Crippen LogP contribution in [0.4, 0.5) is 5.69 Å². The molecule has 1 N–H and O–H groups in total. The molecule has 2 fully saturated rings. The second kappa shape index (κ2) is 10.5. The van der Waals surface area contributed by atoms with Crippen LogP contribution in [0, 0.1) is 5.92 Å². The number of aromatic nitrogens is 1. The molecule has 3 heterocycles. The first kappa shape index (κ1) is 22.2. The number of benzene rings is 2. The van der Waals surface area contributed by atoms with Crippen molar-refractivity contribution in [2.75, 3.05) is 24.2 Å². The van der Waals surface area contributed by atoms with E-state index in [4.69, 9.17) is 0 Å². The van der Waals surface area contributed by atoms with E-state index in [0.29, 0.717) is 5.56 Å². The number of carbonyl (C=O) groups excluding carboxylic acids is 1. The Bertz CT molecular complexity index is 1070. The summed E-state index contributed by atoms with van der Waals surface area (Å²) in [6.07, 6.45) is 8.53. The quantitative estimate of drug-likeness (QED) is 0.438. The molecule has 5 rings (SSSR count). The lowest BCUT2D eigenvalue weighted by Crippen LogP contribution is -2.48. The van der Waals surface area contributed by atoms with Crippen LogP contribution >= 0.6 is 11.8 Å². The fourth-order valence-corrected chi connectivity index (χ4v) is 6.32. The molecule has 0 saturated carbocycles. The Hall–Kier alpha value is -2.63. The number of anilines is 1. The van der Waals surface area contributed by atoms with Crippen molar-refractivity contribution in [3.05, 3.63) is 78.5 Å². The van der Waals surface area contributed by atoms with E-state index < -0.39 is 0 Å². The van der Waals surface area contributed by atoms with Crippen LogP contribution in [0.1, 0.15) is 42.5 Å². The summed E-state index contributed by atoms with van der Waals surface area (Å²) in [6.45, 7) is 2.57. The zero-order valence-electron chi connectivity index (χ0n) is 19.0. The van der Waals surface area contributed by atoms with E-state index in [9.17, 15) is 4.79 Å². The Morgan fingerprint density at radius 3 is 2.61 bits per heavy atom. The summed E-state index contributed by atoms with van der Waals surface area (Å²) < 4.78 is 0. The normalized spacial score (nSPS) is 20.7. The first-order valence-corrected chi connectivity index (χ1v) is 13.1. The fourth-order valence-electron chi connectivity index (χ4n) is 5.25. The minimum atomic E-state index is -0.115. The number of thioether (sulfide) groups is 1. The summed E-state index contributed by atoms with van der Waals surface area (Å²) >= 11 is 1.86. The first-order chi connectivity index (χ1) is 16.3. The van der Waals surface area contributed by atoms with Crippen molar-refractivity contribution in [3.63, 3.8) is 0 Å². The van der Waals surface area contributed by atoms with E-state index in [1.807, 2.05) is 78.5 Å². The van der Waals surface area contributed by atoms with Gasteiger partial charge in [-0.1, -0.05) is 55.0 Å². The molecule has 1 aromatic heterocycles. The lowest BCUT2D eigenvalue weighted by atomic mass is 9.85. The van der Waals surface area contributed by atoms with Crippen LogP contribution in [0.3, 0.4) is 0 Å². The number of rotatable bonds is 6. The second-order valence-electron chi connectivity index (χ2n) is 9.06. The molecular formula is C28H31N3OS. The van der Waals surface area contributed by atoms with Crippen molar-refractivity contribution in [1.82, 2.24) is 9.88 Å². The zero-order valence-corrected chi connectivity index (χ0v) is 19.8. The van der Waals surface area contributed by atoms with Gasteiger partial charge in [-0.3, -0.25) is 4.79 Å². The second-order valence-corrected chi connectivity index (χ2v) is 10.1. The highest BCUT2D eigenvalue weighted by atomic mass is 32.2. The molecule has 1 amide bonds. The highest BCUT2D eigenvalue weighted by Crippen LogP contribution is 2.34. The van der Waals surface area contributed by atoms with E-state index >= 15 is 0 Å². The van der Waals surface area contributed by atoms with E-state index in [1.54, 1.807) is 6.20 Å². The van der Waals surface area contributed by atoms with Gasteiger partial charge in [0.15, 0.2) is 0 Å². The number of hydrogen-bond acceptors (Lipinski definition) is 4. The average molecular weight is 458 g/mol. The number of hydrogen-bond donors (Lipinski definition) is 1. The van der Waals surface area contributed by atoms with Crippen molar-refractivity contribution >= 4 is 23.4 Å². The third kappa shape index (κ3) is 5.31. The Morgan fingerprint density at radius 2 is 1.76 bits per heavy atom. The Kier molecular flexibility index (Phi) is 7.08. The van der Waals surface area contributed by atoms with Crippen LogP contribution in [0.5, 0.6) is 0 Å². The Labute approximate surface area is 200 Å². The molecule has 4 nitrogen and oxygen atoms in total. The number of nitrogens with one attached hydrogen (secondary N) is 1. The molecule has 3 aromatic rings. The minimum Gasteiger partial charge on any atom is -0.321 e. The topological polar surface area (TPSA) is 45.2 Å². The van der Waals surface area contributed by atoms with E-state index in [1.165, 1.54) is 45.2 Å². The van der Waals surface area contributed by atoms with Gasteiger partial charge in [0.05, 0.1) is 16.9 Å². The average Bonchev–Trinajstić information content (AvgIpc) is 2.89. The Morgan fingerprint density at radius 1 is 0.939 bits per heavy atom. The summed E-state index contributed by atoms with van der Waals surface area (Å²) in [4.78, 5) is 20.4. The molecule has 0 aliphatic carbocycles. The van der Waals surface area contributed by atoms with E-state index in [2.05, 4.69) is 15.2 Å². The third-order valence-corrected chi connectivity index (χ3v) is 8.06. The molecule has 170 valence electrons. The lowest BCUT2D eigenvalue weighted by Gasteiger charge is -2.44. The van der Waals surface area contributed by atoms with Gasteiger partial charge in [0.1, 0.15) is 0 Å². The SMILES string of the molecule is O=C(Nc1ccc(SCC2CCCN3CCCCC23)nc1)c1ccccc1-c1ccccc1. The van der Waals surface area contributed by atoms with Gasteiger partial charge in [-0.15, -0.1) is 11.8 Å². The van der Waals surface area contributed by atoms with E-state index in [-0.39, 0.29) is 5.91 Å². The van der Waals surface area contributed by atoms with Crippen LogP contribution in [-0.4, -0.2) is 40.7 Å². The van der Waals surface area contributed by atoms with Crippen LogP contribution in [-0.2, 0) is 0 Å². The molecular weight excluding hydrogens is 426 g/mol. The van der Waals surface area contributed by atoms with Gasteiger partial charge in [0.25, 0.3) is 5.91 Å². The van der Waals surface area contributed by atoms with Crippen molar-refractivity contribution < 1.29 is 4.79 Å². The molecule has 2 aliphatic heterocycles. The van der Waals surface area contributed by atoms with Crippen molar-refractivity contribution in [1.29, 1.82) is 0 Å². The number of amides is 1. The molecule has 33 heavy (non-hydrogen) atoms. The molecule has 2 atom stereocenters. The maximum absolute atomic E-state index is 13.0. The van der Waals surface area contributed by atoms with Gasteiger partial charge in [-0.2, -0.15) is 0 Å². The van der Waals surface area contributed by atoms with Crippen LogP contribution in [0.15, 0.2) is 78.0 Å². The molecule has 2 saturated heterocycles. The monoisotopic (exact) mass is 457 g/mol. The van der Waals surface area contributed by atoms with Crippen LogP contribution in [0.25, 0.3) is 11.1 Å². The maximum atomic E-state index is 13.0. The predicted octanol–water partition coefficient (Wildman–Crippen LogP) is 6.36. The number of piperidine rings is 2. The zero-order chi connectivity index (χ0) is 22.5. The number of nitrogens with zero attached hydrogens (tertiary/aromatic N) is 2. The van der Waals surface area contributed by atoms with Crippen molar-refractivity contribution in [3.8, 4) is 11.1 Å². The van der Waals surface area contributed by atoms with Gasteiger partial charge < -0.3 is 10.2 Å². The molecule has 2 aromatic carbocycles. The molecule has 0 bridgehead atoms. The number of pyridine rings is 1. The summed E-state index contributed by atoms with van der Waals surface area (Å²) in [5.41, 5.74) is 3.35. The highest BCUT2D eigenvalue weighted by molar-refractivity contribution is 7.99. The van der Waals surface area contributed by atoms with Crippen LogP contribution in [0.2, 0.25) is 0 Å². The number of carbonyl (C=O) groups is 1. The van der Waals surface area contributed by atoms with Gasteiger partial charge in [-0.05, 0) is 74.0 Å². The summed E-state index contributed by atoms with van der Waals surface area (Å²) in [5.74, 6) is 1.78. The number of fused-ring (bicyclic) bond motifs is 1. The smallest absolute Gasteiger partial charge is 0.256 e. The lowest BCUT2D eigenvalue weighted by molar-refractivity contribution is 0.0693. The van der Waals surface area contributed by atoms with Crippen molar-refractivity contribution in [2.24, 2.45) is 5.92 Å². The Balaban J connectivity index is 1.21. The molecule has 2 unspecified atom stereocenters. The molecule has 0 radical (unpaired) electrons. The molecule has 0 spiro atoms. The third-order valence-electron chi connectivity index (χ3n) is 6.92. The van der Waals surface area contributed by atoms with Gasteiger partial charge in [-0.25, -0.2) is 4.98 Å². The fraction of sp³-hybridized carbons (Fsp3) is 0.357. The van der Waals surface area contributed by atoms with Gasteiger partial charge >= 0.3 is 0 Å². The summed E-state index contributed by atoms with van der Waals surface area (Å²) in [5, 5.41) is 4.05. The predicted molar refractivity (Wildman–Crippen MR) is 137 cm³/mol. The largest absolute Gasteiger partial charge is 0.321 e. The van der Waals surface area contributed by atoms with Gasteiger partial charge in [0, 0.05) is 17.4 Å². The van der Waals surface area contributed by atoms with Crippen molar-refractivity contribution in [2.45, 2.75) is 43.2 Å².